The van der Waals surface area contributed by atoms with Crippen molar-refractivity contribution in [2.24, 2.45) is 0 Å². The molecule has 4 aromatic carbocycles. The molecule has 216 valence electrons. The fourth-order valence-corrected chi connectivity index (χ4v) is 6.49. The van der Waals surface area contributed by atoms with Crippen LogP contribution in [0.15, 0.2) is 95.9 Å². The van der Waals surface area contributed by atoms with Crippen molar-refractivity contribution in [3.05, 3.63) is 119 Å². The van der Waals surface area contributed by atoms with Crippen LogP contribution in [0.3, 0.4) is 0 Å². The lowest BCUT2D eigenvalue weighted by Gasteiger charge is -2.29. The van der Waals surface area contributed by atoms with Crippen molar-refractivity contribution >= 4 is 27.6 Å². The van der Waals surface area contributed by atoms with Gasteiger partial charge < -0.3 is 10.1 Å². The Balaban J connectivity index is 1.40. The minimum Gasteiger partial charge on any atom is -0.465 e. The highest BCUT2D eigenvalue weighted by molar-refractivity contribution is 7.89. The first-order valence-corrected chi connectivity index (χ1v) is 14.3. The maximum absolute atomic E-state index is 13.5. The second kappa shape index (κ2) is 11.4. The molecule has 0 fully saturated rings. The fraction of sp³-hybridized carbons (Fsp3) is 0.161. The number of rotatable bonds is 6. The van der Waals surface area contributed by atoms with Crippen LogP contribution in [0.5, 0.6) is 0 Å². The molecular formula is C31H25F3N2O5S. The van der Waals surface area contributed by atoms with Gasteiger partial charge in [-0.15, -0.1) is 0 Å². The van der Waals surface area contributed by atoms with Crippen LogP contribution in [0.2, 0.25) is 0 Å². The average molecular weight is 595 g/mol. The van der Waals surface area contributed by atoms with Crippen LogP contribution in [0, 0.1) is 0 Å². The van der Waals surface area contributed by atoms with Crippen LogP contribution < -0.4 is 5.32 Å². The third-order valence-corrected chi connectivity index (χ3v) is 8.93. The number of sulfonamides is 1. The van der Waals surface area contributed by atoms with Crippen molar-refractivity contribution in [3.63, 3.8) is 0 Å². The topological polar surface area (TPSA) is 92.8 Å². The first-order valence-electron chi connectivity index (χ1n) is 12.9. The molecule has 0 aromatic heterocycles. The van der Waals surface area contributed by atoms with Gasteiger partial charge in [-0.05, 0) is 65.1 Å². The molecule has 4 aromatic rings. The molecule has 0 aliphatic carbocycles. The van der Waals surface area contributed by atoms with Gasteiger partial charge in [0.1, 0.15) is 0 Å². The lowest BCUT2D eigenvalue weighted by Crippen LogP contribution is -2.36. The Kier molecular flexibility index (Phi) is 7.89. The zero-order valence-corrected chi connectivity index (χ0v) is 23.1. The minimum atomic E-state index is -4.63. The highest BCUT2D eigenvalue weighted by Crippen LogP contribution is 2.34. The predicted octanol–water partition coefficient (Wildman–Crippen LogP) is 6.16. The highest BCUT2D eigenvalue weighted by Gasteiger charge is 2.33. The number of methoxy groups -OCH3 is 1. The summed E-state index contributed by atoms with van der Waals surface area (Å²) in [6.45, 7) is 0.154. The van der Waals surface area contributed by atoms with Crippen LogP contribution in [0.25, 0.3) is 11.1 Å². The number of nitrogens with one attached hydrogen (secondary N) is 1. The molecule has 42 heavy (non-hydrogen) atoms. The quantitative estimate of drug-likeness (QED) is 0.270. The first kappa shape index (κ1) is 29.0. The number of halogens is 3. The van der Waals surface area contributed by atoms with Crippen molar-refractivity contribution in [1.29, 1.82) is 0 Å². The van der Waals surface area contributed by atoms with Crippen LogP contribution in [0.1, 0.15) is 37.4 Å². The number of anilines is 1. The van der Waals surface area contributed by atoms with E-state index < -0.39 is 33.6 Å². The molecule has 0 unspecified atom stereocenters. The zero-order chi connectivity index (χ0) is 30.1. The van der Waals surface area contributed by atoms with Crippen molar-refractivity contribution in [3.8, 4) is 11.1 Å². The Labute approximate surface area is 240 Å². The smallest absolute Gasteiger partial charge is 0.416 e. The van der Waals surface area contributed by atoms with Gasteiger partial charge in [-0.1, -0.05) is 54.6 Å². The Hall–Kier alpha value is -4.48. The summed E-state index contributed by atoms with van der Waals surface area (Å²) in [7, 11) is -2.86. The number of hydrogen-bond acceptors (Lipinski definition) is 5. The molecule has 0 radical (unpaired) electrons. The summed E-state index contributed by atoms with van der Waals surface area (Å²) in [5.41, 5.74) is 1.67. The van der Waals surface area contributed by atoms with E-state index in [-0.39, 0.29) is 29.1 Å². The molecule has 1 amide bonds. The summed E-state index contributed by atoms with van der Waals surface area (Å²) in [4.78, 5) is 25.3. The van der Waals surface area contributed by atoms with E-state index in [1.54, 1.807) is 54.6 Å². The largest absolute Gasteiger partial charge is 0.465 e. The summed E-state index contributed by atoms with van der Waals surface area (Å²) < 4.78 is 73.3. The van der Waals surface area contributed by atoms with E-state index in [4.69, 9.17) is 4.74 Å². The van der Waals surface area contributed by atoms with Gasteiger partial charge in [0.2, 0.25) is 10.0 Å². The number of alkyl halides is 3. The van der Waals surface area contributed by atoms with Gasteiger partial charge in [0.25, 0.3) is 5.91 Å². The third kappa shape index (κ3) is 5.79. The SMILES string of the molecule is COC(=O)c1ccccc1S(=O)(=O)N1CCc2cc(NC(=O)c3cc(C(F)(F)F)ccc3-c3ccccc3)ccc2C1. The molecule has 1 aliphatic rings. The Morgan fingerprint density at radius 1 is 0.857 bits per heavy atom. The second-order valence-electron chi connectivity index (χ2n) is 9.64. The van der Waals surface area contributed by atoms with E-state index in [1.165, 1.54) is 35.7 Å². The number of carbonyl (C=O) groups is 2. The van der Waals surface area contributed by atoms with E-state index in [0.717, 1.165) is 17.7 Å². The number of nitrogens with zero attached hydrogens (tertiary/aromatic N) is 1. The van der Waals surface area contributed by atoms with Gasteiger partial charge in [-0.25, -0.2) is 13.2 Å². The normalized spacial score (nSPS) is 13.7. The molecule has 1 heterocycles. The average Bonchev–Trinajstić information content (AvgIpc) is 3.00. The van der Waals surface area contributed by atoms with Gasteiger partial charge in [0.15, 0.2) is 0 Å². The van der Waals surface area contributed by atoms with Gasteiger partial charge in [-0.3, -0.25) is 4.79 Å². The number of benzene rings is 4. The predicted molar refractivity (Wildman–Crippen MR) is 150 cm³/mol. The van der Waals surface area contributed by atoms with E-state index >= 15 is 0 Å². The van der Waals surface area contributed by atoms with Crippen LogP contribution in [-0.4, -0.2) is 38.3 Å². The van der Waals surface area contributed by atoms with E-state index in [1.807, 2.05) is 0 Å². The summed E-state index contributed by atoms with van der Waals surface area (Å²) in [6, 6.07) is 22.5. The van der Waals surface area contributed by atoms with Crippen molar-refractivity contribution in [1.82, 2.24) is 4.31 Å². The molecule has 0 saturated carbocycles. The van der Waals surface area contributed by atoms with Gasteiger partial charge in [0, 0.05) is 24.3 Å². The van der Waals surface area contributed by atoms with Crippen LogP contribution in [-0.2, 0) is 33.9 Å². The van der Waals surface area contributed by atoms with Crippen molar-refractivity contribution < 1.29 is 35.9 Å². The fourth-order valence-electron chi connectivity index (χ4n) is 4.90. The molecule has 5 rings (SSSR count). The number of fused-ring (bicyclic) bond motifs is 1. The first-order chi connectivity index (χ1) is 20.0. The van der Waals surface area contributed by atoms with Gasteiger partial charge >= 0.3 is 12.1 Å². The second-order valence-corrected chi connectivity index (χ2v) is 11.5. The molecule has 0 bridgehead atoms. The highest BCUT2D eigenvalue weighted by atomic mass is 32.2. The number of amides is 1. The third-order valence-electron chi connectivity index (χ3n) is 7.03. The van der Waals surface area contributed by atoms with Crippen molar-refractivity contribution in [2.45, 2.75) is 24.0 Å². The summed E-state index contributed by atoms with van der Waals surface area (Å²) >= 11 is 0. The standard InChI is InChI=1S/C31H25F3N2O5S/c1-41-30(38)26-9-5-6-10-28(26)42(39,40)36-16-15-21-17-24(13-11-22(21)19-36)35-29(37)27-18-23(31(32,33)34)12-14-25(27)20-7-3-2-4-8-20/h2-14,17-18H,15-16,19H2,1H3,(H,35,37). The molecule has 1 aliphatic heterocycles. The molecule has 0 saturated heterocycles. The molecular weight excluding hydrogens is 569 g/mol. The monoisotopic (exact) mass is 594 g/mol. The number of ether oxygens (including phenoxy) is 1. The van der Waals surface area contributed by atoms with E-state index in [9.17, 15) is 31.2 Å². The van der Waals surface area contributed by atoms with E-state index in [0.29, 0.717) is 28.8 Å². The maximum atomic E-state index is 13.5. The van der Waals surface area contributed by atoms with Crippen molar-refractivity contribution in [2.75, 3.05) is 19.0 Å². The van der Waals surface area contributed by atoms with Gasteiger partial charge in [0.05, 0.1) is 23.1 Å². The van der Waals surface area contributed by atoms with Crippen LogP contribution in [0.4, 0.5) is 18.9 Å². The van der Waals surface area contributed by atoms with Crippen LogP contribution >= 0.6 is 0 Å². The number of carbonyl (C=O) groups excluding carboxylic acids is 2. The van der Waals surface area contributed by atoms with Gasteiger partial charge in [-0.2, -0.15) is 17.5 Å². The molecule has 0 spiro atoms. The number of hydrogen-bond donors (Lipinski definition) is 1. The molecule has 7 nitrogen and oxygen atoms in total. The minimum absolute atomic E-state index is 0.0349. The lowest BCUT2D eigenvalue weighted by molar-refractivity contribution is -0.137. The Morgan fingerprint density at radius 3 is 2.29 bits per heavy atom. The molecule has 1 N–H and O–H groups in total. The molecule has 11 heteroatoms. The summed E-state index contributed by atoms with van der Waals surface area (Å²) in [5.74, 6) is -1.47. The summed E-state index contributed by atoms with van der Waals surface area (Å²) in [5, 5.41) is 2.70. The summed E-state index contributed by atoms with van der Waals surface area (Å²) in [6.07, 6.45) is -4.31. The Morgan fingerprint density at radius 2 is 1.57 bits per heavy atom. The lowest BCUT2D eigenvalue weighted by atomic mass is 9.96. The molecule has 0 atom stereocenters. The maximum Gasteiger partial charge on any atom is 0.416 e. The zero-order valence-electron chi connectivity index (χ0n) is 22.3. The number of esters is 1. The van der Waals surface area contributed by atoms with E-state index in [2.05, 4.69) is 5.32 Å². The Bertz CT molecular complexity index is 1770.